The monoisotopic (exact) mass is 442 g/mol. The minimum absolute atomic E-state index is 0.0166. The fourth-order valence-corrected chi connectivity index (χ4v) is 6.17. The van der Waals surface area contributed by atoms with E-state index in [9.17, 15) is 23.7 Å². The van der Waals surface area contributed by atoms with E-state index < -0.39 is 27.8 Å². The second-order valence-corrected chi connectivity index (χ2v) is 10.5. The van der Waals surface area contributed by atoms with Gasteiger partial charge in [0.15, 0.2) is 9.84 Å². The first kappa shape index (κ1) is 23.3. The van der Waals surface area contributed by atoms with Crippen molar-refractivity contribution in [3.05, 3.63) is 76.9 Å². The third kappa shape index (κ3) is 5.45. The van der Waals surface area contributed by atoms with Gasteiger partial charge in [-0.2, -0.15) is 0 Å². The number of phenolic OH excluding ortho intramolecular Hbond substituents is 1. The van der Waals surface area contributed by atoms with Crippen molar-refractivity contribution >= 4 is 21.5 Å². The molecule has 0 aromatic heterocycles. The van der Waals surface area contributed by atoms with Gasteiger partial charge in [0, 0.05) is 0 Å². The quantitative estimate of drug-likeness (QED) is 0.427. The summed E-state index contributed by atoms with van der Waals surface area (Å²) in [6.45, 7) is 3.31. The van der Waals surface area contributed by atoms with E-state index in [4.69, 9.17) is 0 Å². The van der Waals surface area contributed by atoms with Gasteiger partial charge in [-0.05, 0) is 58.7 Å². The van der Waals surface area contributed by atoms with Crippen LogP contribution in [0.25, 0.3) is 11.6 Å². The standard InChI is InChI=1S/C25H30O5S/c1-17(2)22-16-31(29,30)24(15-26)25(22)23(28)13-10-20(19-6-4-3-5-7-19)14-18-8-11-21(27)12-9-18/h3-9,11-12,14,17,23-24,26-28H,10,13,15-16H2,1-2H3/b20-14-/t23-,24+/m1/s1. The van der Waals surface area contributed by atoms with E-state index in [1.165, 1.54) is 0 Å². The van der Waals surface area contributed by atoms with Gasteiger partial charge in [0.1, 0.15) is 11.0 Å². The molecule has 166 valence electrons. The lowest BCUT2D eigenvalue weighted by Gasteiger charge is -2.21. The Morgan fingerprint density at radius 1 is 1.10 bits per heavy atom. The average Bonchev–Trinajstić information content (AvgIpc) is 3.03. The molecule has 1 aliphatic rings. The average molecular weight is 443 g/mol. The zero-order valence-corrected chi connectivity index (χ0v) is 18.7. The highest BCUT2D eigenvalue weighted by molar-refractivity contribution is 7.92. The van der Waals surface area contributed by atoms with E-state index in [0.717, 1.165) is 22.3 Å². The lowest BCUT2D eigenvalue weighted by molar-refractivity contribution is 0.189. The third-order valence-electron chi connectivity index (χ3n) is 5.80. The van der Waals surface area contributed by atoms with E-state index in [-0.39, 0.29) is 17.4 Å². The van der Waals surface area contributed by atoms with Crippen molar-refractivity contribution in [1.29, 1.82) is 0 Å². The summed E-state index contributed by atoms with van der Waals surface area (Å²) in [6, 6.07) is 16.7. The van der Waals surface area contributed by atoms with Crippen molar-refractivity contribution in [3.8, 4) is 5.75 Å². The summed E-state index contributed by atoms with van der Waals surface area (Å²) < 4.78 is 25.0. The van der Waals surface area contributed by atoms with Crippen molar-refractivity contribution in [2.75, 3.05) is 12.4 Å². The summed E-state index contributed by atoms with van der Waals surface area (Å²) in [6.07, 6.45) is 1.93. The number of rotatable bonds is 8. The highest BCUT2D eigenvalue weighted by atomic mass is 32.2. The van der Waals surface area contributed by atoms with Crippen LogP contribution < -0.4 is 0 Å². The van der Waals surface area contributed by atoms with Crippen LogP contribution in [0.15, 0.2) is 65.7 Å². The number of aliphatic hydroxyl groups is 2. The second-order valence-electron chi connectivity index (χ2n) is 8.30. The number of allylic oxidation sites excluding steroid dienone is 1. The Morgan fingerprint density at radius 2 is 1.74 bits per heavy atom. The summed E-state index contributed by atoms with van der Waals surface area (Å²) >= 11 is 0. The SMILES string of the molecule is CC(C)C1=C([C@H](O)CC/C(=C/c2ccc(O)cc2)c2ccccc2)[C@H](CO)S(=O)(=O)C1. The van der Waals surface area contributed by atoms with Crippen molar-refractivity contribution in [3.63, 3.8) is 0 Å². The van der Waals surface area contributed by atoms with Gasteiger partial charge in [0.05, 0.1) is 18.5 Å². The van der Waals surface area contributed by atoms with Gasteiger partial charge in [-0.1, -0.05) is 62.4 Å². The van der Waals surface area contributed by atoms with Gasteiger partial charge in [0.2, 0.25) is 0 Å². The number of aliphatic hydroxyl groups excluding tert-OH is 2. The minimum Gasteiger partial charge on any atom is -0.508 e. The molecule has 31 heavy (non-hydrogen) atoms. The Hall–Kier alpha value is -2.41. The summed E-state index contributed by atoms with van der Waals surface area (Å²) in [7, 11) is -3.49. The highest BCUT2D eigenvalue weighted by Gasteiger charge is 2.41. The van der Waals surface area contributed by atoms with Crippen LogP contribution in [0.3, 0.4) is 0 Å². The molecule has 0 spiro atoms. The summed E-state index contributed by atoms with van der Waals surface area (Å²) in [5.74, 6) is 0.0774. The largest absolute Gasteiger partial charge is 0.508 e. The molecule has 0 fully saturated rings. The zero-order valence-electron chi connectivity index (χ0n) is 17.9. The summed E-state index contributed by atoms with van der Waals surface area (Å²) in [4.78, 5) is 0. The molecule has 1 heterocycles. The maximum atomic E-state index is 12.5. The van der Waals surface area contributed by atoms with Crippen LogP contribution in [0.5, 0.6) is 5.75 Å². The molecule has 0 aliphatic carbocycles. The molecular formula is C25H30O5S. The van der Waals surface area contributed by atoms with Gasteiger partial charge in [-0.15, -0.1) is 0 Å². The predicted octanol–water partition coefficient (Wildman–Crippen LogP) is 3.82. The summed E-state index contributed by atoms with van der Waals surface area (Å²) in [5, 5.41) is 29.3. The molecular weight excluding hydrogens is 412 g/mol. The molecule has 3 rings (SSSR count). The fraction of sp³-hybridized carbons (Fsp3) is 0.360. The van der Waals surface area contributed by atoms with Crippen LogP contribution in [0.4, 0.5) is 0 Å². The smallest absolute Gasteiger partial charge is 0.163 e. The van der Waals surface area contributed by atoms with Gasteiger partial charge in [0.25, 0.3) is 0 Å². The number of hydrogen-bond acceptors (Lipinski definition) is 5. The highest BCUT2D eigenvalue weighted by Crippen LogP contribution is 2.36. The Morgan fingerprint density at radius 3 is 2.32 bits per heavy atom. The maximum absolute atomic E-state index is 12.5. The number of aromatic hydroxyl groups is 1. The van der Waals surface area contributed by atoms with Crippen molar-refractivity contribution < 1.29 is 23.7 Å². The lowest BCUT2D eigenvalue weighted by Crippen LogP contribution is -2.29. The minimum atomic E-state index is -3.49. The molecule has 2 atom stereocenters. The topological polar surface area (TPSA) is 94.8 Å². The molecule has 5 nitrogen and oxygen atoms in total. The van der Waals surface area contributed by atoms with Crippen LogP contribution in [0.2, 0.25) is 0 Å². The van der Waals surface area contributed by atoms with E-state index >= 15 is 0 Å². The molecule has 0 bridgehead atoms. The third-order valence-corrected chi connectivity index (χ3v) is 7.78. The molecule has 2 aromatic rings. The van der Waals surface area contributed by atoms with Crippen LogP contribution in [0, 0.1) is 5.92 Å². The number of benzene rings is 2. The molecule has 0 radical (unpaired) electrons. The molecule has 2 aromatic carbocycles. The molecule has 0 unspecified atom stereocenters. The molecule has 0 saturated heterocycles. The van der Waals surface area contributed by atoms with Gasteiger partial charge in [-0.25, -0.2) is 8.42 Å². The Labute approximate surface area is 184 Å². The zero-order chi connectivity index (χ0) is 22.6. The number of hydrogen-bond donors (Lipinski definition) is 3. The van der Waals surface area contributed by atoms with Crippen LogP contribution in [-0.2, 0) is 9.84 Å². The normalized spacial score (nSPS) is 19.8. The second kappa shape index (κ2) is 9.81. The molecule has 0 amide bonds. The van der Waals surface area contributed by atoms with Crippen molar-refractivity contribution in [2.24, 2.45) is 5.92 Å². The molecule has 0 saturated carbocycles. The van der Waals surface area contributed by atoms with Crippen LogP contribution >= 0.6 is 0 Å². The number of sulfone groups is 1. The first-order valence-electron chi connectivity index (χ1n) is 10.5. The Bertz CT molecular complexity index is 1050. The first-order valence-corrected chi connectivity index (χ1v) is 12.2. The van der Waals surface area contributed by atoms with Crippen molar-refractivity contribution in [2.45, 2.75) is 38.0 Å². The van der Waals surface area contributed by atoms with Crippen molar-refractivity contribution in [1.82, 2.24) is 0 Å². The van der Waals surface area contributed by atoms with E-state index in [1.54, 1.807) is 12.1 Å². The van der Waals surface area contributed by atoms with Crippen LogP contribution in [-0.4, -0.2) is 47.5 Å². The number of phenols is 1. The Kier molecular flexibility index (Phi) is 7.36. The summed E-state index contributed by atoms with van der Waals surface area (Å²) in [5.41, 5.74) is 4.12. The lowest BCUT2D eigenvalue weighted by atomic mass is 9.89. The fourth-order valence-electron chi connectivity index (χ4n) is 4.11. The van der Waals surface area contributed by atoms with Gasteiger partial charge in [-0.3, -0.25) is 0 Å². The Balaban J connectivity index is 1.89. The first-order chi connectivity index (χ1) is 14.7. The molecule has 6 heteroatoms. The van der Waals surface area contributed by atoms with Crippen LogP contribution in [0.1, 0.15) is 37.8 Å². The van der Waals surface area contributed by atoms with Gasteiger partial charge >= 0.3 is 0 Å². The van der Waals surface area contributed by atoms with Gasteiger partial charge < -0.3 is 15.3 Å². The predicted molar refractivity (Wildman–Crippen MR) is 124 cm³/mol. The van der Waals surface area contributed by atoms with E-state index in [0.29, 0.717) is 18.4 Å². The van der Waals surface area contributed by atoms with E-state index in [1.807, 2.05) is 62.4 Å². The molecule has 1 aliphatic heterocycles. The maximum Gasteiger partial charge on any atom is 0.163 e. The van der Waals surface area contributed by atoms with E-state index in [2.05, 4.69) is 0 Å². The molecule has 3 N–H and O–H groups in total.